The van der Waals surface area contributed by atoms with Gasteiger partial charge in [-0.2, -0.15) is 0 Å². The minimum atomic E-state index is -0.874. The number of ether oxygens (including phenoxy) is 2. The number of anilines is 1. The van der Waals surface area contributed by atoms with E-state index < -0.39 is 16.7 Å². The molecule has 1 aromatic carbocycles. The zero-order valence-electron chi connectivity index (χ0n) is 11.9. The van der Waals surface area contributed by atoms with Crippen molar-refractivity contribution >= 4 is 23.2 Å². The third kappa shape index (κ3) is 3.50. The summed E-state index contributed by atoms with van der Waals surface area (Å²) in [4.78, 5) is 35.5. The van der Waals surface area contributed by atoms with Crippen LogP contribution in [-0.4, -0.2) is 55.1 Å². The third-order valence-corrected chi connectivity index (χ3v) is 3.13. The van der Waals surface area contributed by atoms with Gasteiger partial charge in [0.2, 0.25) is 0 Å². The summed E-state index contributed by atoms with van der Waals surface area (Å²) >= 11 is 0. The van der Waals surface area contributed by atoms with Gasteiger partial charge in [0.15, 0.2) is 0 Å². The van der Waals surface area contributed by atoms with Crippen molar-refractivity contribution in [3.05, 3.63) is 28.3 Å². The lowest BCUT2D eigenvalue weighted by molar-refractivity contribution is -0.384. The average molecular weight is 309 g/mol. The molecule has 1 aliphatic rings. The predicted molar refractivity (Wildman–Crippen MR) is 75.7 cm³/mol. The summed E-state index contributed by atoms with van der Waals surface area (Å²) in [6, 6.07) is 3.74. The second-order valence-electron chi connectivity index (χ2n) is 4.50. The van der Waals surface area contributed by atoms with Crippen molar-refractivity contribution in [2.75, 3.05) is 38.7 Å². The van der Waals surface area contributed by atoms with Gasteiger partial charge in [0.25, 0.3) is 5.69 Å². The molecule has 0 atom stereocenters. The Morgan fingerprint density at radius 3 is 2.64 bits per heavy atom. The van der Waals surface area contributed by atoms with Gasteiger partial charge in [-0.1, -0.05) is 0 Å². The molecule has 0 saturated carbocycles. The fourth-order valence-corrected chi connectivity index (χ4v) is 1.99. The number of nitrogens with one attached hydrogen (secondary N) is 1. The van der Waals surface area contributed by atoms with Crippen LogP contribution in [0.1, 0.15) is 0 Å². The average Bonchev–Trinajstić information content (AvgIpc) is 2.54. The summed E-state index contributed by atoms with van der Waals surface area (Å²) in [6.07, 6.45) is 0. The van der Waals surface area contributed by atoms with Gasteiger partial charge >= 0.3 is 11.8 Å². The van der Waals surface area contributed by atoms with Crippen molar-refractivity contribution < 1.29 is 24.0 Å². The summed E-state index contributed by atoms with van der Waals surface area (Å²) in [5.74, 6) is -1.36. The minimum absolute atomic E-state index is 0.0725. The van der Waals surface area contributed by atoms with Crippen LogP contribution in [0.25, 0.3) is 0 Å². The van der Waals surface area contributed by atoms with E-state index in [1.54, 1.807) is 0 Å². The highest BCUT2D eigenvalue weighted by Crippen LogP contribution is 2.28. The largest absolute Gasteiger partial charge is 0.495 e. The van der Waals surface area contributed by atoms with Crippen LogP contribution >= 0.6 is 0 Å². The van der Waals surface area contributed by atoms with Gasteiger partial charge in [-0.05, 0) is 6.07 Å². The monoisotopic (exact) mass is 309 g/mol. The fourth-order valence-electron chi connectivity index (χ4n) is 1.99. The molecule has 1 aromatic rings. The molecular formula is C13H15N3O6. The van der Waals surface area contributed by atoms with E-state index in [0.717, 1.165) is 6.07 Å². The maximum atomic E-state index is 12.0. The second-order valence-corrected chi connectivity index (χ2v) is 4.50. The Balaban J connectivity index is 2.14. The van der Waals surface area contributed by atoms with E-state index in [0.29, 0.717) is 26.3 Å². The van der Waals surface area contributed by atoms with Crippen LogP contribution in [0.2, 0.25) is 0 Å². The molecule has 0 unspecified atom stereocenters. The smallest absolute Gasteiger partial charge is 0.314 e. The molecule has 118 valence electrons. The molecule has 1 N–H and O–H groups in total. The topological polar surface area (TPSA) is 111 Å². The van der Waals surface area contributed by atoms with Crippen molar-refractivity contribution in [2.45, 2.75) is 0 Å². The van der Waals surface area contributed by atoms with Gasteiger partial charge in [0.1, 0.15) is 5.75 Å². The highest BCUT2D eigenvalue weighted by molar-refractivity contribution is 6.39. The molecule has 0 aromatic heterocycles. The first kappa shape index (κ1) is 15.7. The van der Waals surface area contributed by atoms with E-state index in [1.807, 2.05) is 0 Å². The van der Waals surface area contributed by atoms with Crippen molar-refractivity contribution in [1.82, 2.24) is 4.90 Å². The van der Waals surface area contributed by atoms with Gasteiger partial charge in [-0.25, -0.2) is 0 Å². The van der Waals surface area contributed by atoms with Crippen molar-refractivity contribution in [2.24, 2.45) is 0 Å². The van der Waals surface area contributed by atoms with E-state index in [9.17, 15) is 19.7 Å². The number of carbonyl (C=O) groups excluding carboxylic acids is 2. The van der Waals surface area contributed by atoms with Gasteiger partial charge in [0, 0.05) is 25.2 Å². The van der Waals surface area contributed by atoms with E-state index in [4.69, 9.17) is 9.47 Å². The van der Waals surface area contributed by atoms with Crippen LogP contribution in [0.15, 0.2) is 18.2 Å². The predicted octanol–water partition coefficient (Wildman–Crippen LogP) is 0.401. The molecule has 0 radical (unpaired) electrons. The van der Waals surface area contributed by atoms with Gasteiger partial charge in [0.05, 0.1) is 30.9 Å². The number of benzene rings is 1. The van der Waals surface area contributed by atoms with Crippen molar-refractivity contribution in [1.29, 1.82) is 0 Å². The maximum Gasteiger partial charge on any atom is 0.314 e. The summed E-state index contributed by atoms with van der Waals surface area (Å²) < 4.78 is 10.1. The first-order chi connectivity index (χ1) is 10.5. The summed E-state index contributed by atoms with van der Waals surface area (Å²) in [6.45, 7) is 1.41. The van der Waals surface area contributed by atoms with Gasteiger partial charge < -0.3 is 19.7 Å². The Morgan fingerprint density at radius 2 is 2.05 bits per heavy atom. The van der Waals surface area contributed by atoms with E-state index in [-0.39, 0.29) is 17.1 Å². The molecule has 2 amide bonds. The lowest BCUT2D eigenvalue weighted by atomic mass is 10.2. The number of nitro groups is 1. The zero-order chi connectivity index (χ0) is 16.1. The third-order valence-electron chi connectivity index (χ3n) is 3.13. The lowest BCUT2D eigenvalue weighted by Gasteiger charge is -2.26. The highest BCUT2D eigenvalue weighted by atomic mass is 16.6. The molecule has 0 spiro atoms. The normalized spacial score (nSPS) is 14.3. The van der Waals surface area contributed by atoms with Crippen LogP contribution in [0.5, 0.6) is 5.75 Å². The van der Waals surface area contributed by atoms with Crippen molar-refractivity contribution in [3.8, 4) is 5.75 Å². The number of morpholine rings is 1. The quantitative estimate of drug-likeness (QED) is 0.491. The molecule has 1 saturated heterocycles. The number of nitro benzene ring substituents is 1. The van der Waals surface area contributed by atoms with Crippen LogP contribution in [-0.2, 0) is 14.3 Å². The second kappa shape index (κ2) is 6.85. The maximum absolute atomic E-state index is 12.0. The summed E-state index contributed by atoms with van der Waals surface area (Å²) in [5, 5.41) is 13.1. The first-order valence-corrected chi connectivity index (χ1v) is 6.53. The van der Waals surface area contributed by atoms with Crippen LogP contribution in [0.3, 0.4) is 0 Å². The Morgan fingerprint density at radius 1 is 1.36 bits per heavy atom. The molecule has 0 aliphatic carbocycles. The number of nitrogens with zero attached hydrogens (tertiary/aromatic N) is 2. The molecule has 1 heterocycles. The Labute approximate surface area is 125 Å². The minimum Gasteiger partial charge on any atom is -0.495 e. The number of rotatable bonds is 3. The van der Waals surface area contributed by atoms with Gasteiger partial charge in [-0.3, -0.25) is 19.7 Å². The SMILES string of the molecule is COc1ccc([N+](=O)[O-])cc1NC(=O)C(=O)N1CCOCC1. The summed E-state index contributed by atoms with van der Waals surface area (Å²) in [5.41, 5.74) is -0.141. The molecular weight excluding hydrogens is 294 g/mol. The molecule has 0 bridgehead atoms. The van der Waals surface area contributed by atoms with Crippen LogP contribution in [0.4, 0.5) is 11.4 Å². The van der Waals surface area contributed by atoms with E-state index in [1.165, 1.54) is 24.1 Å². The molecule has 1 aliphatic heterocycles. The summed E-state index contributed by atoms with van der Waals surface area (Å²) in [7, 11) is 1.36. The number of hydrogen-bond acceptors (Lipinski definition) is 6. The van der Waals surface area contributed by atoms with Crippen LogP contribution in [0, 0.1) is 10.1 Å². The Kier molecular flexibility index (Phi) is 4.89. The number of hydrogen-bond donors (Lipinski definition) is 1. The number of methoxy groups -OCH3 is 1. The molecule has 22 heavy (non-hydrogen) atoms. The van der Waals surface area contributed by atoms with Crippen molar-refractivity contribution in [3.63, 3.8) is 0 Å². The molecule has 2 rings (SSSR count). The molecule has 1 fully saturated rings. The van der Waals surface area contributed by atoms with E-state index in [2.05, 4.69) is 5.32 Å². The van der Waals surface area contributed by atoms with E-state index >= 15 is 0 Å². The highest BCUT2D eigenvalue weighted by Gasteiger charge is 2.25. The van der Waals surface area contributed by atoms with Crippen LogP contribution < -0.4 is 10.1 Å². The number of non-ortho nitro benzene ring substituents is 1. The standard InChI is InChI=1S/C13H15N3O6/c1-21-11-3-2-9(16(19)20)8-10(11)14-12(17)13(18)15-4-6-22-7-5-15/h2-3,8H,4-7H2,1H3,(H,14,17). The van der Waals surface area contributed by atoms with Gasteiger partial charge in [-0.15, -0.1) is 0 Å². The number of amides is 2. The first-order valence-electron chi connectivity index (χ1n) is 6.53. The zero-order valence-corrected chi connectivity index (χ0v) is 11.9. The molecule has 9 heteroatoms. The number of carbonyl (C=O) groups is 2. The Bertz CT molecular complexity index is 597. The Hall–Kier alpha value is -2.68. The molecule has 9 nitrogen and oxygen atoms in total. The fraction of sp³-hybridized carbons (Fsp3) is 0.385. The lowest BCUT2D eigenvalue weighted by Crippen LogP contribution is -2.45.